The van der Waals surface area contributed by atoms with Crippen LogP contribution in [0.5, 0.6) is 5.75 Å². The molecule has 0 bridgehead atoms. The van der Waals surface area contributed by atoms with Crippen LogP contribution >= 0.6 is 0 Å². The van der Waals surface area contributed by atoms with Crippen LogP contribution in [0.15, 0.2) is 24.5 Å². The summed E-state index contributed by atoms with van der Waals surface area (Å²) in [7, 11) is 0. The van der Waals surface area contributed by atoms with Crippen molar-refractivity contribution in [1.82, 2.24) is 10.3 Å². The molecule has 0 spiro atoms. The van der Waals surface area contributed by atoms with Crippen molar-refractivity contribution in [2.24, 2.45) is 0 Å². The summed E-state index contributed by atoms with van der Waals surface area (Å²) in [5, 5.41) is 3.22. The van der Waals surface area contributed by atoms with E-state index in [1.54, 1.807) is 12.4 Å². The van der Waals surface area contributed by atoms with Gasteiger partial charge in [-0.2, -0.15) is 0 Å². The molecule has 0 saturated carbocycles. The quantitative estimate of drug-likeness (QED) is 0.745. The highest BCUT2D eigenvalue weighted by Crippen LogP contribution is 2.08. The maximum absolute atomic E-state index is 5.59. The maximum atomic E-state index is 5.59. The molecule has 1 aromatic rings. The molecule has 0 saturated heterocycles. The molecule has 1 N–H and O–H groups in total. The Labute approximate surface area is 79.1 Å². The second-order valence-electron chi connectivity index (χ2n) is 2.92. The first kappa shape index (κ1) is 9.99. The second kappa shape index (κ2) is 5.54. The summed E-state index contributed by atoms with van der Waals surface area (Å²) < 4.78 is 5.59. The SMILES string of the molecule is CCNCC(C)Oc1cccnc1. The van der Waals surface area contributed by atoms with Crippen molar-refractivity contribution in [2.75, 3.05) is 13.1 Å². The van der Waals surface area contributed by atoms with E-state index in [2.05, 4.69) is 17.2 Å². The van der Waals surface area contributed by atoms with Crippen molar-refractivity contribution >= 4 is 0 Å². The Balaban J connectivity index is 2.32. The van der Waals surface area contributed by atoms with E-state index in [0.29, 0.717) is 0 Å². The molecule has 0 aliphatic rings. The monoisotopic (exact) mass is 180 g/mol. The highest BCUT2D eigenvalue weighted by atomic mass is 16.5. The second-order valence-corrected chi connectivity index (χ2v) is 2.92. The van der Waals surface area contributed by atoms with Gasteiger partial charge in [-0.05, 0) is 25.6 Å². The first-order valence-corrected chi connectivity index (χ1v) is 4.60. The Morgan fingerprint density at radius 2 is 2.46 bits per heavy atom. The average molecular weight is 180 g/mol. The van der Waals surface area contributed by atoms with Gasteiger partial charge in [0, 0.05) is 12.7 Å². The van der Waals surface area contributed by atoms with E-state index in [9.17, 15) is 0 Å². The highest BCUT2D eigenvalue weighted by molar-refractivity contribution is 5.15. The van der Waals surface area contributed by atoms with Gasteiger partial charge in [-0.1, -0.05) is 6.92 Å². The summed E-state index contributed by atoms with van der Waals surface area (Å²) in [5.41, 5.74) is 0. The van der Waals surface area contributed by atoms with Gasteiger partial charge in [-0.3, -0.25) is 4.98 Å². The molecule has 13 heavy (non-hydrogen) atoms. The number of hydrogen-bond acceptors (Lipinski definition) is 3. The van der Waals surface area contributed by atoms with E-state index in [4.69, 9.17) is 4.74 Å². The van der Waals surface area contributed by atoms with Crippen LogP contribution in [0, 0.1) is 0 Å². The molecule has 0 aliphatic carbocycles. The van der Waals surface area contributed by atoms with Gasteiger partial charge < -0.3 is 10.1 Å². The molecule has 0 aromatic carbocycles. The lowest BCUT2D eigenvalue weighted by atomic mass is 10.4. The van der Waals surface area contributed by atoms with E-state index in [0.717, 1.165) is 18.8 Å². The number of likely N-dealkylation sites (N-methyl/N-ethyl adjacent to an activating group) is 1. The van der Waals surface area contributed by atoms with Gasteiger partial charge in [0.15, 0.2) is 0 Å². The standard InChI is InChI=1S/C10H16N2O/c1-3-11-7-9(2)13-10-5-4-6-12-8-10/h4-6,8-9,11H,3,7H2,1-2H3. The fraction of sp³-hybridized carbons (Fsp3) is 0.500. The topological polar surface area (TPSA) is 34.1 Å². The molecule has 1 aromatic heterocycles. The Bertz CT molecular complexity index is 226. The molecule has 1 unspecified atom stereocenters. The van der Waals surface area contributed by atoms with E-state index in [1.165, 1.54) is 0 Å². The van der Waals surface area contributed by atoms with Crippen LogP contribution in [0.3, 0.4) is 0 Å². The lowest BCUT2D eigenvalue weighted by molar-refractivity contribution is 0.217. The first-order chi connectivity index (χ1) is 6.33. The summed E-state index contributed by atoms with van der Waals surface area (Å²) in [6.45, 7) is 5.96. The number of pyridine rings is 1. The molecule has 3 heteroatoms. The normalized spacial score (nSPS) is 12.5. The average Bonchev–Trinajstić information content (AvgIpc) is 2.16. The Morgan fingerprint density at radius 1 is 1.62 bits per heavy atom. The summed E-state index contributed by atoms with van der Waals surface area (Å²) in [6, 6.07) is 3.78. The molecule has 72 valence electrons. The molecule has 0 amide bonds. The van der Waals surface area contributed by atoms with Crippen LogP contribution in [-0.4, -0.2) is 24.2 Å². The van der Waals surface area contributed by atoms with E-state index in [1.807, 2.05) is 19.1 Å². The summed E-state index contributed by atoms with van der Waals surface area (Å²) >= 11 is 0. The number of hydrogen-bond donors (Lipinski definition) is 1. The summed E-state index contributed by atoms with van der Waals surface area (Å²) in [5.74, 6) is 0.827. The zero-order valence-corrected chi connectivity index (χ0v) is 8.16. The molecular formula is C10H16N2O. The van der Waals surface area contributed by atoms with Gasteiger partial charge in [0.25, 0.3) is 0 Å². The van der Waals surface area contributed by atoms with E-state index in [-0.39, 0.29) is 6.10 Å². The van der Waals surface area contributed by atoms with Crippen molar-refractivity contribution in [3.63, 3.8) is 0 Å². The van der Waals surface area contributed by atoms with E-state index >= 15 is 0 Å². The third-order valence-corrected chi connectivity index (χ3v) is 1.65. The van der Waals surface area contributed by atoms with Crippen molar-refractivity contribution in [3.8, 4) is 5.75 Å². The Kier molecular flexibility index (Phi) is 4.26. The fourth-order valence-corrected chi connectivity index (χ4v) is 1.04. The molecule has 1 atom stereocenters. The van der Waals surface area contributed by atoms with Crippen molar-refractivity contribution < 1.29 is 4.74 Å². The molecule has 1 rings (SSSR count). The number of aromatic nitrogens is 1. The number of rotatable bonds is 5. The minimum absolute atomic E-state index is 0.184. The number of nitrogens with one attached hydrogen (secondary N) is 1. The molecule has 0 aliphatic heterocycles. The first-order valence-electron chi connectivity index (χ1n) is 4.60. The van der Waals surface area contributed by atoms with E-state index < -0.39 is 0 Å². The van der Waals surface area contributed by atoms with Crippen LogP contribution < -0.4 is 10.1 Å². The number of ether oxygens (including phenoxy) is 1. The molecular weight excluding hydrogens is 164 g/mol. The molecule has 1 heterocycles. The predicted octanol–water partition coefficient (Wildman–Crippen LogP) is 1.46. The maximum Gasteiger partial charge on any atom is 0.138 e. The number of nitrogens with zero attached hydrogens (tertiary/aromatic N) is 1. The van der Waals surface area contributed by atoms with Crippen LogP contribution in [0.1, 0.15) is 13.8 Å². The van der Waals surface area contributed by atoms with Crippen LogP contribution in [0.2, 0.25) is 0 Å². The molecule has 0 fully saturated rings. The highest BCUT2D eigenvalue weighted by Gasteiger charge is 2.01. The fourth-order valence-electron chi connectivity index (χ4n) is 1.04. The summed E-state index contributed by atoms with van der Waals surface area (Å²) in [4.78, 5) is 3.97. The van der Waals surface area contributed by atoms with Gasteiger partial charge >= 0.3 is 0 Å². The van der Waals surface area contributed by atoms with Crippen LogP contribution in [0.25, 0.3) is 0 Å². The molecule has 3 nitrogen and oxygen atoms in total. The van der Waals surface area contributed by atoms with Gasteiger partial charge in [-0.15, -0.1) is 0 Å². The van der Waals surface area contributed by atoms with Crippen LogP contribution in [-0.2, 0) is 0 Å². The zero-order chi connectivity index (χ0) is 9.52. The third kappa shape index (κ3) is 3.90. The van der Waals surface area contributed by atoms with Gasteiger partial charge in [0.1, 0.15) is 11.9 Å². The lowest BCUT2D eigenvalue weighted by Crippen LogP contribution is -2.28. The molecule has 0 radical (unpaired) electrons. The van der Waals surface area contributed by atoms with Crippen LogP contribution in [0.4, 0.5) is 0 Å². The van der Waals surface area contributed by atoms with Crippen molar-refractivity contribution in [3.05, 3.63) is 24.5 Å². The Hall–Kier alpha value is -1.09. The lowest BCUT2D eigenvalue weighted by Gasteiger charge is -2.14. The summed E-state index contributed by atoms with van der Waals surface area (Å²) in [6.07, 6.45) is 3.65. The van der Waals surface area contributed by atoms with Crippen molar-refractivity contribution in [2.45, 2.75) is 20.0 Å². The van der Waals surface area contributed by atoms with Gasteiger partial charge in [0.05, 0.1) is 6.20 Å². The Morgan fingerprint density at radius 3 is 3.08 bits per heavy atom. The smallest absolute Gasteiger partial charge is 0.138 e. The minimum atomic E-state index is 0.184. The zero-order valence-electron chi connectivity index (χ0n) is 8.16. The predicted molar refractivity (Wildman–Crippen MR) is 52.9 cm³/mol. The van der Waals surface area contributed by atoms with Gasteiger partial charge in [0.2, 0.25) is 0 Å². The minimum Gasteiger partial charge on any atom is -0.488 e. The third-order valence-electron chi connectivity index (χ3n) is 1.65. The van der Waals surface area contributed by atoms with Gasteiger partial charge in [-0.25, -0.2) is 0 Å². The van der Waals surface area contributed by atoms with Crippen molar-refractivity contribution in [1.29, 1.82) is 0 Å². The largest absolute Gasteiger partial charge is 0.488 e.